The molecule has 11 heteroatoms. The van der Waals surface area contributed by atoms with Crippen molar-refractivity contribution in [3.63, 3.8) is 0 Å². The normalized spacial score (nSPS) is 20.9. The van der Waals surface area contributed by atoms with Crippen LogP contribution in [0.2, 0.25) is 0 Å². The third-order valence-electron chi connectivity index (χ3n) is 5.53. The first-order valence-corrected chi connectivity index (χ1v) is 10.8. The number of hydrazine groups is 1. The summed E-state index contributed by atoms with van der Waals surface area (Å²) in [5, 5.41) is 3.52. The van der Waals surface area contributed by atoms with Crippen molar-refractivity contribution in [1.82, 2.24) is 20.2 Å². The van der Waals surface area contributed by atoms with Gasteiger partial charge in [-0.2, -0.15) is 13.2 Å². The van der Waals surface area contributed by atoms with Crippen LogP contribution in [0.4, 0.5) is 19.0 Å². The maximum atomic E-state index is 11.0. The fourth-order valence-electron chi connectivity index (χ4n) is 3.92. The topological polar surface area (TPSA) is 116 Å². The number of alkyl halides is 3. The van der Waals surface area contributed by atoms with E-state index in [1.807, 2.05) is 24.6 Å². The lowest BCUT2D eigenvalue weighted by Gasteiger charge is -2.31. The average molecular weight is 458 g/mol. The molecule has 0 amide bonds. The molecule has 0 unspecified atom stereocenters. The van der Waals surface area contributed by atoms with E-state index in [2.05, 4.69) is 14.9 Å². The summed E-state index contributed by atoms with van der Waals surface area (Å²) in [6.45, 7) is 1.01. The van der Waals surface area contributed by atoms with Gasteiger partial charge in [-0.05, 0) is 33.0 Å². The largest absolute Gasteiger partial charge is 0.401 e. The summed E-state index contributed by atoms with van der Waals surface area (Å²) in [4.78, 5) is 19.4. The molecular weight excluding hydrogens is 423 g/mol. The molecule has 1 aromatic rings. The highest BCUT2D eigenvalue weighted by Gasteiger charge is 2.26. The number of hydrogen-bond donors (Lipinski definition) is 4. The fraction of sp³-hybridized carbons (Fsp3) is 0.619. The summed E-state index contributed by atoms with van der Waals surface area (Å²) in [5.41, 5.74) is 9.19. The standard InChI is InChI=1S/C13H19N5.C5H9NO.C3H6F3N/c14-11(9-4-2-1-3-5-9)12-10-6-7-16-13(10)17-8-18(12)15;1-6-2-5(3-6)4-7;1-7-2-3(4,5)6/h6-9,16H,1-5,14-15H2;4-5H,2-3H2,1H3;7H,2H2,1H3/b12-11-;;. The van der Waals surface area contributed by atoms with Gasteiger partial charge in [-0.3, -0.25) is 5.01 Å². The highest BCUT2D eigenvalue weighted by molar-refractivity contribution is 5.86. The third kappa shape index (κ3) is 7.64. The number of halogens is 3. The molecule has 0 aromatic carbocycles. The van der Waals surface area contributed by atoms with Crippen molar-refractivity contribution < 1.29 is 18.0 Å². The number of carbonyl (C=O) groups is 1. The predicted molar refractivity (Wildman–Crippen MR) is 120 cm³/mol. The van der Waals surface area contributed by atoms with Crippen molar-refractivity contribution in [2.24, 2.45) is 28.4 Å². The van der Waals surface area contributed by atoms with Crippen molar-refractivity contribution in [2.75, 3.05) is 33.7 Å². The van der Waals surface area contributed by atoms with Crippen molar-refractivity contribution in [3.05, 3.63) is 23.5 Å². The average Bonchev–Trinajstić information content (AvgIpc) is 3.20. The van der Waals surface area contributed by atoms with Crippen LogP contribution in [-0.4, -0.2) is 67.4 Å². The van der Waals surface area contributed by atoms with Gasteiger partial charge in [0.15, 0.2) is 0 Å². The van der Waals surface area contributed by atoms with Crippen LogP contribution in [-0.2, 0) is 4.79 Å². The van der Waals surface area contributed by atoms with Gasteiger partial charge < -0.3 is 25.7 Å². The van der Waals surface area contributed by atoms with Gasteiger partial charge in [0.25, 0.3) is 0 Å². The Labute approximate surface area is 186 Å². The van der Waals surface area contributed by atoms with E-state index < -0.39 is 12.7 Å². The molecule has 32 heavy (non-hydrogen) atoms. The number of nitrogens with zero attached hydrogens (tertiary/aromatic N) is 3. The van der Waals surface area contributed by atoms with E-state index in [-0.39, 0.29) is 0 Å². The number of aliphatic imine (C=N–C) groups is 1. The number of nitrogens with two attached hydrogens (primary N) is 2. The number of aromatic nitrogens is 1. The molecular formula is C21H34F3N7O. The molecule has 0 atom stereocenters. The van der Waals surface area contributed by atoms with Gasteiger partial charge in [0.2, 0.25) is 0 Å². The van der Waals surface area contributed by atoms with E-state index in [1.165, 1.54) is 39.2 Å². The van der Waals surface area contributed by atoms with Gasteiger partial charge in [0.1, 0.15) is 18.4 Å². The second kappa shape index (κ2) is 12.0. The minimum atomic E-state index is -4.06. The van der Waals surface area contributed by atoms with Gasteiger partial charge >= 0.3 is 6.18 Å². The number of fused-ring (bicyclic) bond motifs is 1. The number of rotatable bonds is 3. The van der Waals surface area contributed by atoms with Crippen molar-refractivity contribution >= 4 is 24.1 Å². The Kier molecular flexibility index (Phi) is 9.73. The van der Waals surface area contributed by atoms with Gasteiger partial charge in [0, 0.05) is 42.4 Å². The second-order valence-electron chi connectivity index (χ2n) is 8.29. The molecule has 6 N–H and O–H groups in total. The third-order valence-corrected chi connectivity index (χ3v) is 5.53. The molecule has 8 nitrogen and oxygen atoms in total. The Morgan fingerprint density at radius 3 is 2.44 bits per heavy atom. The Morgan fingerprint density at radius 2 is 1.97 bits per heavy atom. The molecule has 1 aliphatic carbocycles. The number of aromatic amines is 1. The van der Waals surface area contributed by atoms with E-state index in [4.69, 9.17) is 11.6 Å². The molecule has 1 saturated carbocycles. The van der Waals surface area contributed by atoms with Gasteiger partial charge in [-0.1, -0.05) is 19.3 Å². The van der Waals surface area contributed by atoms with Crippen LogP contribution in [0.5, 0.6) is 0 Å². The summed E-state index contributed by atoms with van der Waals surface area (Å²) in [5.74, 6) is 7.62. The van der Waals surface area contributed by atoms with E-state index in [0.29, 0.717) is 11.8 Å². The summed E-state index contributed by atoms with van der Waals surface area (Å²) in [7, 11) is 3.27. The van der Waals surface area contributed by atoms with Crippen LogP contribution >= 0.6 is 0 Å². The van der Waals surface area contributed by atoms with Crippen LogP contribution in [0.15, 0.2) is 23.0 Å². The Balaban J connectivity index is 0.000000214. The minimum Gasteiger partial charge on any atom is -0.400 e. The first-order valence-electron chi connectivity index (χ1n) is 10.8. The zero-order chi connectivity index (χ0) is 23.7. The van der Waals surface area contributed by atoms with Crippen LogP contribution in [0.1, 0.15) is 37.7 Å². The first kappa shape index (κ1) is 25.9. The molecule has 180 valence electrons. The van der Waals surface area contributed by atoms with Crippen LogP contribution < -0.4 is 16.9 Å². The quantitative estimate of drug-likeness (QED) is 0.410. The maximum Gasteiger partial charge on any atom is 0.401 e. The number of aldehydes is 1. The predicted octanol–water partition coefficient (Wildman–Crippen LogP) is 2.59. The molecule has 0 bridgehead atoms. The number of H-pyrrole nitrogens is 1. The maximum absolute atomic E-state index is 11.0. The van der Waals surface area contributed by atoms with Crippen molar-refractivity contribution in [2.45, 2.75) is 38.3 Å². The van der Waals surface area contributed by atoms with E-state index in [0.717, 1.165) is 42.2 Å². The molecule has 2 fully saturated rings. The lowest BCUT2D eigenvalue weighted by atomic mass is 9.85. The lowest BCUT2D eigenvalue weighted by Crippen LogP contribution is -2.44. The van der Waals surface area contributed by atoms with Crippen LogP contribution in [0.3, 0.4) is 0 Å². The number of nitrogens with one attached hydrogen (secondary N) is 2. The monoisotopic (exact) mass is 457 g/mol. The summed E-state index contributed by atoms with van der Waals surface area (Å²) in [6.07, 6.45) is 6.63. The Bertz CT molecular complexity index is 779. The van der Waals surface area contributed by atoms with Crippen LogP contribution in [0.25, 0.3) is 5.70 Å². The molecule has 4 rings (SSSR count). The molecule has 1 saturated heterocycles. The fourth-order valence-corrected chi connectivity index (χ4v) is 3.92. The summed E-state index contributed by atoms with van der Waals surface area (Å²) < 4.78 is 33.0. The number of likely N-dealkylation sites (tertiary alicyclic amines) is 1. The molecule has 3 heterocycles. The lowest BCUT2D eigenvalue weighted by molar-refractivity contribution is -0.123. The highest BCUT2D eigenvalue weighted by atomic mass is 19.4. The smallest absolute Gasteiger partial charge is 0.400 e. The highest BCUT2D eigenvalue weighted by Crippen LogP contribution is 2.36. The zero-order valence-electron chi connectivity index (χ0n) is 18.7. The number of carbonyl (C=O) groups excluding carboxylic acids is 1. The minimum absolute atomic E-state index is 0.338. The Hall–Kier alpha value is -2.37. The molecule has 2 aliphatic heterocycles. The van der Waals surface area contributed by atoms with E-state index in [9.17, 15) is 18.0 Å². The molecule has 3 aliphatic rings. The molecule has 1 aromatic heterocycles. The molecule has 0 radical (unpaired) electrons. The summed E-state index contributed by atoms with van der Waals surface area (Å²) in [6, 6.07) is 1.98. The Morgan fingerprint density at radius 1 is 1.31 bits per heavy atom. The first-order chi connectivity index (χ1) is 15.2. The van der Waals surface area contributed by atoms with Crippen molar-refractivity contribution in [3.8, 4) is 0 Å². The number of allylic oxidation sites excluding steroid dienone is 1. The van der Waals surface area contributed by atoms with Crippen LogP contribution in [0, 0.1) is 11.8 Å². The zero-order valence-corrected chi connectivity index (χ0v) is 18.7. The van der Waals surface area contributed by atoms with Gasteiger partial charge in [-0.25, -0.2) is 10.8 Å². The summed E-state index contributed by atoms with van der Waals surface area (Å²) >= 11 is 0. The molecule has 0 spiro atoms. The SMILES string of the molecule is CN1CC(C=O)C1.CNCC(F)(F)F.N/C(=C1/c2cc[nH]c2N=CN1N)C1CCCCC1. The van der Waals surface area contributed by atoms with E-state index >= 15 is 0 Å². The second-order valence-corrected chi connectivity index (χ2v) is 8.29. The number of hydrogen-bond acceptors (Lipinski definition) is 7. The van der Waals surface area contributed by atoms with Crippen molar-refractivity contribution in [1.29, 1.82) is 0 Å². The van der Waals surface area contributed by atoms with Gasteiger partial charge in [-0.15, -0.1) is 0 Å². The van der Waals surface area contributed by atoms with Gasteiger partial charge in [0.05, 0.1) is 12.2 Å². The van der Waals surface area contributed by atoms with E-state index in [1.54, 1.807) is 11.3 Å².